The van der Waals surface area contributed by atoms with Gasteiger partial charge in [0.1, 0.15) is 17.2 Å². The molecule has 0 atom stereocenters. The Morgan fingerprint density at radius 3 is 2.21 bits per heavy atom. The van der Waals surface area contributed by atoms with Gasteiger partial charge in [0.25, 0.3) is 5.91 Å². The predicted molar refractivity (Wildman–Crippen MR) is 114 cm³/mol. The van der Waals surface area contributed by atoms with E-state index in [1.807, 2.05) is 78.9 Å². The summed E-state index contributed by atoms with van der Waals surface area (Å²) in [6, 6.07) is 24.5. The van der Waals surface area contributed by atoms with E-state index >= 15 is 0 Å². The maximum absolute atomic E-state index is 13.3. The minimum Gasteiger partial charge on any atom is -0.497 e. The Bertz CT molecular complexity index is 1090. The van der Waals surface area contributed by atoms with E-state index in [0.29, 0.717) is 28.5 Å². The molecule has 0 saturated heterocycles. The first-order valence-corrected chi connectivity index (χ1v) is 9.19. The maximum atomic E-state index is 13.3. The van der Waals surface area contributed by atoms with Gasteiger partial charge in [-0.25, -0.2) is 0 Å². The summed E-state index contributed by atoms with van der Waals surface area (Å²) in [6.45, 7) is 0. The third-order valence-corrected chi connectivity index (χ3v) is 4.66. The van der Waals surface area contributed by atoms with Gasteiger partial charge < -0.3 is 9.47 Å². The number of hydrogen-bond donors (Lipinski definition) is 0. The van der Waals surface area contributed by atoms with E-state index in [-0.39, 0.29) is 5.91 Å². The Morgan fingerprint density at radius 1 is 0.862 bits per heavy atom. The van der Waals surface area contributed by atoms with Gasteiger partial charge in [0.2, 0.25) is 0 Å². The van der Waals surface area contributed by atoms with Crippen LogP contribution in [0, 0.1) is 0 Å². The van der Waals surface area contributed by atoms with Crippen molar-refractivity contribution in [2.24, 2.45) is 5.10 Å². The van der Waals surface area contributed by atoms with Crippen LogP contribution in [-0.2, 0) is 4.79 Å². The van der Waals surface area contributed by atoms with Crippen LogP contribution < -0.4 is 14.5 Å². The lowest BCUT2D eigenvalue weighted by Gasteiger charge is -2.11. The number of anilines is 1. The Morgan fingerprint density at radius 2 is 1.55 bits per heavy atom. The molecule has 5 heteroatoms. The van der Waals surface area contributed by atoms with Gasteiger partial charge in [0.05, 0.1) is 25.5 Å². The molecule has 0 unspecified atom stereocenters. The molecule has 1 amide bonds. The van der Waals surface area contributed by atoms with E-state index in [2.05, 4.69) is 5.10 Å². The van der Waals surface area contributed by atoms with Crippen LogP contribution in [0.1, 0.15) is 11.1 Å². The van der Waals surface area contributed by atoms with E-state index < -0.39 is 0 Å². The minimum atomic E-state index is -0.195. The van der Waals surface area contributed by atoms with Crippen molar-refractivity contribution in [3.05, 3.63) is 95.6 Å². The number of nitrogens with zero attached hydrogens (tertiary/aromatic N) is 2. The summed E-state index contributed by atoms with van der Waals surface area (Å²) in [5, 5.41) is 6.08. The SMILES string of the molecule is COc1ccc(OC)c(C=C2C(=O)N(c3ccccc3)N=C2c2ccccc2)c1. The van der Waals surface area contributed by atoms with Crippen molar-refractivity contribution in [1.29, 1.82) is 0 Å². The summed E-state index contributed by atoms with van der Waals surface area (Å²) in [5.74, 6) is 1.14. The molecule has 5 nitrogen and oxygen atoms in total. The molecule has 3 aromatic carbocycles. The summed E-state index contributed by atoms with van der Waals surface area (Å²) < 4.78 is 10.8. The summed E-state index contributed by atoms with van der Waals surface area (Å²) in [4.78, 5) is 13.3. The van der Waals surface area contributed by atoms with Gasteiger partial charge in [0, 0.05) is 11.1 Å². The first kappa shape index (κ1) is 18.5. The Labute approximate surface area is 169 Å². The molecule has 0 radical (unpaired) electrons. The molecule has 0 fully saturated rings. The lowest BCUT2D eigenvalue weighted by atomic mass is 10.00. The number of benzene rings is 3. The zero-order valence-electron chi connectivity index (χ0n) is 16.2. The number of rotatable bonds is 5. The summed E-state index contributed by atoms with van der Waals surface area (Å²) in [6.07, 6.45) is 1.80. The van der Waals surface area contributed by atoms with Crippen molar-refractivity contribution in [3.63, 3.8) is 0 Å². The number of ether oxygens (including phenoxy) is 2. The summed E-state index contributed by atoms with van der Waals surface area (Å²) >= 11 is 0. The van der Waals surface area contributed by atoms with E-state index in [9.17, 15) is 4.79 Å². The third kappa shape index (κ3) is 3.62. The summed E-state index contributed by atoms with van der Waals surface area (Å²) in [5.41, 5.74) is 3.43. The van der Waals surface area contributed by atoms with E-state index in [4.69, 9.17) is 9.47 Å². The highest BCUT2D eigenvalue weighted by Crippen LogP contribution is 2.31. The Balaban J connectivity index is 1.86. The van der Waals surface area contributed by atoms with Gasteiger partial charge in [-0.1, -0.05) is 48.5 Å². The van der Waals surface area contributed by atoms with Crippen LogP contribution in [0.2, 0.25) is 0 Å². The normalized spacial score (nSPS) is 14.8. The first-order valence-electron chi connectivity index (χ1n) is 9.19. The van der Waals surface area contributed by atoms with Crippen molar-refractivity contribution in [2.45, 2.75) is 0 Å². The van der Waals surface area contributed by atoms with E-state index in [0.717, 1.165) is 11.1 Å². The highest BCUT2D eigenvalue weighted by Gasteiger charge is 2.32. The fourth-order valence-electron chi connectivity index (χ4n) is 3.21. The molecular formula is C24H20N2O3. The quantitative estimate of drug-likeness (QED) is 0.607. The fourth-order valence-corrected chi connectivity index (χ4v) is 3.21. The van der Waals surface area contributed by atoms with E-state index in [1.54, 1.807) is 20.3 Å². The van der Waals surface area contributed by atoms with Crippen molar-refractivity contribution in [2.75, 3.05) is 19.2 Å². The fraction of sp³-hybridized carbons (Fsp3) is 0.0833. The highest BCUT2D eigenvalue weighted by molar-refractivity contribution is 6.37. The number of hydrazone groups is 1. The molecule has 1 aliphatic rings. The molecule has 1 heterocycles. The van der Waals surface area contributed by atoms with Crippen LogP contribution in [0.3, 0.4) is 0 Å². The molecule has 0 aliphatic carbocycles. The maximum Gasteiger partial charge on any atom is 0.281 e. The second-order valence-electron chi connectivity index (χ2n) is 6.43. The van der Waals surface area contributed by atoms with Crippen molar-refractivity contribution >= 4 is 23.4 Å². The lowest BCUT2D eigenvalue weighted by Crippen LogP contribution is -2.21. The van der Waals surface area contributed by atoms with Crippen LogP contribution >= 0.6 is 0 Å². The van der Waals surface area contributed by atoms with E-state index in [1.165, 1.54) is 5.01 Å². The van der Waals surface area contributed by atoms with Crippen LogP contribution in [0.5, 0.6) is 11.5 Å². The molecule has 4 rings (SSSR count). The average Bonchev–Trinajstić information content (AvgIpc) is 3.11. The zero-order valence-corrected chi connectivity index (χ0v) is 16.2. The van der Waals surface area contributed by atoms with Gasteiger partial charge in [-0.05, 0) is 36.4 Å². The molecule has 0 saturated carbocycles. The predicted octanol–water partition coefficient (Wildman–Crippen LogP) is 4.54. The average molecular weight is 384 g/mol. The third-order valence-electron chi connectivity index (χ3n) is 4.66. The van der Waals surface area contributed by atoms with Crippen molar-refractivity contribution in [1.82, 2.24) is 0 Å². The molecule has 144 valence electrons. The van der Waals surface area contributed by atoms with Gasteiger partial charge in [-0.15, -0.1) is 0 Å². The zero-order chi connectivity index (χ0) is 20.2. The monoisotopic (exact) mass is 384 g/mol. The van der Waals surface area contributed by atoms with Gasteiger partial charge in [-0.2, -0.15) is 10.1 Å². The molecule has 0 spiro atoms. The second-order valence-corrected chi connectivity index (χ2v) is 6.43. The van der Waals surface area contributed by atoms with Crippen LogP contribution in [0.4, 0.5) is 5.69 Å². The topological polar surface area (TPSA) is 51.1 Å². The number of amides is 1. The molecule has 0 N–H and O–H groups in total. The Hall–Kier alpha value is -3.86. The number of carbonyl (C=O) groups is 1. The minimum absolute atomic E-state index is 0.195. The molecule has 1 aliphatic heterocycles. The number of carbonyl (C=O) groups excluding carboxylic acids is 1. The van der Waals surface area contributed by atoms with Gasteiger partial charge >= 0.3 is 0 Å². The summed E-state index contributed by atoms with van der Waals surface area (Å²) in [7, 11) is 3.20. The Kier molecular flexibility index (Phi) is 5.12. The highest BCUT2D eigenvalue weighted by atomic mass is 16.5. The first-order chi connectivity index (χ1) is 14.2. The van der Waals surface area contributed by atoms with Crippen LogP contribution in [0.15, 0.2) is 89.5 Å². The number of hydrogen-bond acceptors (Lipinski definition) is 4. The largest absolute Gasteiger partial charge is 0.497 e. The van der Waals surface area contributed by atoms with Crippen molar-refractivity contribution in [3.8, 4) is 11.5 Å². The lowest BCUT2D eigenvalue weighted by molar-refractivity contribution is -0.114. The van der Waals surface area contributed by atoms with Crippen LogP contribution in [-0.4, -0.2) is 25.8 Å². The van der Waals surface area contributed by atoms with Gasteiger partial charge in [-0.3, -0.25) is 4.79 Å². The second kappa shape index (κ2) is 8.02. The molecule has 0 bridgehead atoms. The molecular weight excluding hydrogens is 364 g/mol. The standard InChI is InChI=1S/C24H20N2O3/c1-28-20-13-14-22(29-2)18(15-20)16-21-23(17-9-5-3-6-10-17)25-26(24(21)27)19-11-7-4-8-12-19/h3-16H,1-2H3. The van der Waals surface area contributed by atoms with Crippen LogP contribution in [0.25, 0.3) is 6.08 Å². The smallest absolute Gasteiger partial charge is 0.281 e. The molecule has 0 aromatic heterocycles. The molecule has 3 aromatic rings. The number of para-hydroxylation sites is 1. The van der Waals surface area contributed by atoms with Gasteiger partial charge in [0.15, 0.2) is 0 Å². The van der Waals surface area contributed by atoms with Crippen molar-refractivity contribution < 1.29 is 14.3 Å². The molecule has 29 heavy (non-hydrogen) atoms. The number of methoxy groups -OCH3 is 2.